The first kappa shape index (κ1) is 18.9. The molecule has 1 aromatic carbocycles. The molecule has 3 saturated heterocycles. The predicted octanol–water partition coefficient (Wildman–Crippen LogP) is 1.27. The van der Waals surface area contributed by atoms with Gasteiger partial charge in [-0.25, -0.2) is 8.42 Å². The first-order valence-electron chi connectivity index (χ1n) is 9.94. The quantitative estimate of drug-likeness (QED) is 0.837. The number of hydrogen-bond donors (Lipinski definition) is 1. The number of carbonyl (C=O) groups excluding carboxylic acids is 1. The minimum absolute atomic E-state index is 0.0874. The number of sulfone groups is 1. The second-order valence-corrected chi connectivity index (χ2v) is 10.6. The Morgan fingerprint density at radius 2 is 1.85 bits per heavy atom. The molecule has 0 spiro atoms. The largest absolute Gasteiger partial charge is 0.339 e. The number of nitrogens with zero attached hydrogens (tertiary/aromatic N) is 2. The van der Waals surface area contributed by atoms with Gasteiger partial charge in [-0.1, -0.05) is 12.1 Å². The number of hydrogen-bond acceptors (Lipinski definition) is 5. The van der Waals surface area contributed by atoms with Gasteiger partial charge in [-0.3, -0.25) is 9.69 Å². The molecule has 1 aromatic rings. The van der Waals surface area contributed by atoms with Gasteiger partial charge in [0.05, 0.1) is 11.5 Å². The van der Waals surface area contributed by atoms with Gasteiger partial charge in [0.1, 0.15) is 0 Å². The molecule has 3 aliphatic rings. The fourth-order valence-corrected chi connectivity index (χ4v) is 5.96. The standard InChI is InChI=1S/C20H29N3O3S/c1-22(19-12-17-5-6-18(13-19)21-17)20(24)16-4-2-3-15(11-16)14-23-7-9-27(25,26)10-8-23/h2-4,11,17-19,21H,5-10,12-14H2,1H3. The molecule has 2 unspecified atom stereocenters. The highest BCUT2D eigenvalue weighted by Gasteiger charge is 2.36. The van der Waals surface area contributed by atoms with E-state index in [1.807, 2.05) is 36.2 Å². The molecule has 1 amide bonds. The van der Waals surface area contributed by atoms with E-state index in [0.29, 0.717) is 37.8 Å². The lowest BCUT2D eigenvalue weighted by atomic mass is 9.97. The minimum atomic E-state index is -2.86. The molecule has 0 saturated carbocycles. The van der Waals surface area contributed by atoms with Crippen molar-refractivity contribution < 1.29 is 13.2 Å². The van der Waals surface area contributed by atoms with Crippen LogP contribution in [-0.4, -0.2) is 73.9 Å². The van der Waals surface area contributed by atoms with Crippen LogP contribution in [0.5, 0.6) is 0 Å². The van der Waals surface area contributed by atoms with Crippen LogP contribution in [0.15, 0.2) is 24.3 Å². The Kier molecular flexibility index (Phi) is 5.27. The highest BCUT2D eigenvalue weighted by atomic mass is 32.2. The zero-order valence-corrected chi connectivity index (χ0v) is 16.7. The van der Waals surface area contributed by atoms with E-state index in [1.54, 1.807) is 0 Å². The van der Waals surface area contributed by atoms with Crippen LogP contribution in [0.4, 0.5) is 0 Å². The van der Waals surface area contributed by atoms with Crippen molar-refractivity contribution in [3.8, 4) is 0 Å². The summed E-state index contributed by atoms with van der Waals surface area (Å²) in [6.45, 7) is 1.83. The first-order chi connectivity index (χ1) is 12.9. The monoisotopic (exact) mass is 391 g/mol. The van der Waals surface area contributed by atoms with Gasteiger partial charge >= 0.3 is 0 Å². The summed E-state index contributed by atoms with van der Waals surface area (Å²) in [6, 6.07) is 9.24. The molecule has 3 heterocycles. The number of benzene rings is 1. The van der Waals surface area contributed by atoms with Crippen molar-refractivity contribution in [1.82, 2.24) is 15.1 Å². The van der Waals surface area contributed by atoms with Crippen molar-refractivity contribution in [1.29, 1.82) is 0 Å². The number of piperidine rings is 1. The van der Waals surface area contributed by atoms with Gasteiger partial charge in [0.2, 0.25) is 0 Å². The Bertz CT molecular complexity index is 784. The van der Waals surface area contributed by atoms with Crippen molar-refractivity contribution >= 4 is 15.7 Å². The van der Waals surface area contributed by atoms with Gasteiger partial charge in [0, 0.05) is 50.4 Å². The Morgan fingerprint density at radius 3 is 2.52 bits per heavy atom. The fraction of sp³-hybridized carbons (Fsp3) is 0.650. The highest BCUT2D eigenvalue weighted by molar-refractivity contribution is 7.91. The van der Waals surface area contributed by atoms with Crippen LogP contribution in [0.25, 0.3) is 0 Å². The molecular weight excluding hydrogens is 362 g/mol. The molecular formula is C20H29N3O3S. The maximum atomic E-state index is 13.0. The van der Waals surface area contributed by atoms with Gasteiger partial charge in [-0.15, -0.1) is 0 Å². The Hall–Kier alpha value is -1.44. The molecule has 4 rings (SSSR count). The molecule has 3 fully saturated rings. The van der Waals surface area contributed by atoms with Crippen molar-refractivity contribution in [2.24, 2.45) is 0 Å². The fourth-order valence-electron chi connectivity index (χ4n) is 4.68. The summed E-state index contributed by atoms with van der Waals surface area (Å²) in [5.74, 6) is 0.545. The van der Waals surface area contributed by atoms with Crippen molar-refractivity contribution in [2.75, 3.05) is 31.6 Å². The summed E-state index contributed by atoms with van der Waals surface area (Å²) in [7, 11) is -0.934. The molecule has 3 aliphatic heterocycles. The summed E-state index contributed by atoms with van der Waals surface area (Å²) >= 11 is 0. The Morgan fingerprint density at radius 1 is 1.19 bits per heavy atom. The van der Waals surface area contributed by atoms with Gasteiger partial charge in [0.25, 0.3) is 5.91 Å². The first-order valence-corrected chi connectivity index (χ1v) is 11.8. The van der Waals surface area contributed by atoms with Crippen LogP contribution >= 0.6 is 0 Å². The average Bonchev–Trinajstić information content (AvgIpc) is 3.00. The summed E-state index contributed by atoms with van der Waals surface area (Å²) in [6.07, 6.45) is 4.54. The summed E-state index contributed by atoms with van der Waals surface area (Å²) < 4.78 is 23.2. The van der Waals surface area contributed by atoms with Crippen molar-refractivity contribution in [2.45, 2.75) is 50.4 Å². The van der Waals surface area contributed by atoms with Gasteiger partial charge in [0.15, 0.2) is 9.84 Å². The van der Waals surface area contributed by atoms with Crippen LogP contribution in [-0.2, 0) is 16.4 Å². The summed E-state index contributed by atoms with van der Waals surface area (Å²) in [5.41, 5.74) is 1.80. The van der Waals surface area contributed by atoms with Crippen molar-refractivity contribution in [3.05, 3.63) is 35.4 Å². The molecule has 27 heavy (non-hydrogen) atoms. The van der Waals surface area contributed by atoms with E-state index >= 15 is 0 Å². The maximum absolute atomic E-state index is 13.0. The topological polar surface area (TPSA) is 69.7 Å². The normalized spacial score (nSPS) is 30.2. The second kappa shape index (κ2) is 7.53. The summed E-state index contributed by atoms with van der Waals surface area (Å²) in [4.78, 5) is 17.1. The third-order valence-corrected chi connectivity index (χ3v) is 7.94. The van der Waals surface area contributed by atoms with Gasteiger partial charge in [-0.2, -0.15) is 0 Å². The number of rotatable bonds is 4. The molecule has 1 N–H and O–H groups in total. The van der Waals surface area contributed by atoms with E-state index < -0.39 is 9.84 Å². The average molecular weight is 392 g/mol. The molecule has 2 atom stereocenters. The molecule has 0 aliphatic carbocycles. The smallest absolute Gasteiger partial charge is 0.253 e. The van der Waals surface area contributed by atoms with Crippen LogP contribution in [0.1, 0.15) is 41.6 Å². The zero-order valence-electron chi connectivity index (χ0n) is 15.9. The third-order valence-electron chi connectivity index (χ3n) is 6.33. The lowest BCUT2D eigenvalue weighted by molar-refractivity contribution is 0.0681. The minimum Gasteiger partial charge on any atom is -0.339 e. The predicted molar refractivity (Wildman–Crippen MR) is 105 cm³/mol. The lowest BCUT2D eigenvalue weighted by Gasteiger charge is -2.35. The van der Waals surface area contributed by atoms with Crippen molar-refractivity contribution in [3.63, 3.8) is 0 Å². The van der Waals surface area contributed by atoms with E-state index in [4.69, 9.17) is 0 Å². The molecule has 0 radical (unpaired) electrons. The van der Waals surface area contributed by atoms with Gasteiger partial charge < -0.3 is 10.2 Å². The molecule has 148 valence electrons. The maximum Gasteiger partial charge on any atom is 0.253 e. The molecule has 6 nitrogen and oxygen atoms in total. The molecule has 0 aromatic heterocycles. The van der Waals surface area contributed by atoms with E-state index in [2.05, 4.69) is 10.2 Å². The Balaban J connectivity index is 1.40. The number of amides is 1. The lowest BCUT2D eigenvalue weighted by Crippen LogP contribution is -2.48. The van der Waals surface area contributed by atoms with E-state index in [9.17, 15) is 13.2 Å². The Labute approximate surface area is 161 Å². The van der Waals surface area contributed by atoms with Gasteiger partial charge in [-0.05, 0) is 43.4 Å². The second-order valence-electron chi connectivity index (χ2n) is 8.31. The highest BCUT2D eigenvalue weighted by Crippen LogP contribution is 2.30. The molecule has 7 heteroatoms. The summed E-state index contributed by atoms with van der Waals surface area (Å²) in [5, 5.41) is 3.63. The number of fused-ring (bicyclic) bond motifs is 2. The molecule has 2 bridgehead atoms. The van der Waals surface area contributed by atoms with Crippen LogP contribution in [0, 0.1) is 0 Å². The van der Waals surface area contributed by atoms with Crippen LogP contribution in [0.3, 0.4) is 0 Å². The SMILES string of the molecule is CN(C(=O)c1cccc(CN2CCS(=O)(=O)CC2)c1)C1CC2CCC(C1)N2. The van der Waals surface area contributed by atoms with E-state index in [0.717, 1.165) is 24.0 Å². The van der Waals surface area contributed by atoms with Crippen LogP contribution in [0.2, 0.25) is 0 Å². The van der Waals surface area contributed by atoms with Crippen LogP contribution < -0.4 is 5.32 Å². The number of nitrogens with one attached hydrogen (secondary N) is 1. The zero-order chi connectivity index (χ0) is 19.0. The van der Waals surface area contributed by atoms with E-state index in [1.165, 1.54) is 12.8 Å². The number of carbonyl (C=O) groups is 1. The third kappa shape index (κ3) is 4.36. The van der Waals surface area contributed by atoms with E-state index in [-0.39, 0.29) is 17.4 Å².